The molecule has 0 amide bonds. The van der Waals surface area contributed by atoms with E-state index < -0.39 is 17.9 Å². The summed E-state index contributed by atoms with van der Waals surface area (Å²) in [5.74, 6) is 0. The zero-order chi connectivity index (χ0) is 19.6. The van der Waals surface area contributed by atoms with E-state index in [0.29, 0.717) is 0 Å². The van der Waals surface area contributed by atoms with Gasteiger partial charge in [0.2, 0.25) is 0 Å². The first kappa shape index (κ1) is 29.8. The molecule has 4 aromatic rings. The Morgan fingerprint density at radius 3 is 1.76 bits per heavy atom. The fraction of sp³-hybridized carbons (Fsp3) is 0. The molecule has 0 bridgehead atoms. The van der Waals surface area contributed by atoms with E-state index >= 15 is 0 Å². The first-order valence-electron chi connectivity index (χ1n) is 7.73. The molecule has 0 aliphatic rings. The Hall–Kier alpha value is 0.820. The molecule has 0 saturated carbocycles. The zero-order valence-corrected chi connectivity index (χ0v) is 27.1. The van der Waals surface area contributed by atoms with E-state index in [4.69, 9.17) is 25.7 Å². The van der Waals surface area contributed by atoms with Crippen molar-refractivity contribution in [2.45, 2.75) is 9.79 Å². The van der Waals surface area contributed by atoms with Crippen LogP contribution in [0.25, 0.3) is 21.8 Å². The second kappa shape index (κ2) is 16.5. The third-order valence-corrected chi connectivity index (χ3v) is 7.03. The third-order valence-electron chi connectivity index (χ3n) is 3.36. The molecule has 2 heterocycles. The molecular formula is C18H17Cl4In2N2OS2. The van der Waals surface area contributed by atoms with Gasteiger partial charge in [-0.25, -0.2) is 0 Å². The van der Waals surface area contributed by atoms with Crippen molar-refractivity contribution < 1.29 is 5.48 Å². The van der Waals surface area contributed by atoms with Gasteiger partial charge in [-0.05, 0) is 12.1 Å². The maximum atomic E-state index is 5.02. The predicted octanol–water partition coefficient (Wildman–Crippen LogP) is 5.95. The van der Waals surface area contributed by atoms with Gasteiger partial charge in [0.05, 0.1) is 5.52 Å². The molecule has 0 aliphatic heterocycles. The van der Waals surface area contributed by atoms with E-state index in [9.17, 15) is 0 Å². The van der Waals surface area contributed by atoms with Crippen LogP contribution in [0, 0.1) is 0 Å². The van der Waals surface area contributed by atoms with Gasteiger partial charge >= 0.3 is 132 Å². The topological polar surface area (TPSA) is 57.3 Å². The van der Waals surface area contributed by atoms with Gasteiger partial charge in [0.15, 0.2) is 0 Å². The van der Waals surface area contributed by atoms with Gasteiger partial charge in [0.1, 0.15) is 0 Å². The Morgan fingerprint density at radius 1 is 0.793 bits per heavy atom. The molecule has 4 rings (SSSR count). The molecular weight excluding hydrogens is 696 g/mol. The number of pyridine rings is 2. The number of thiol groups is 1. The van der Waals surface area contributed by atoms with E-state index in [1.54, 1.807) is 6.20 Å². The van der Waals surface area contributed by atoms with Gasteiger partial charge in [0.25, 0.3) is 0 Å². The molecule has 1 radical (unpaired) electrons. The van der Waals surface area contributed by atoms with Crippen molar-refractivity contribution in [3.05, 3.63) is 73.1 Å². The van der Waals surface area contributed by atoms with Crippen LogP contribution in [0.5, 0.6) is 0 Å². The molecule has 11 heteroatoms. The van der Waals surface area contributed by atoms with Crippen molar-refractivity contribution in [1.82, 2.24) is 9.97 Å². The summed E-state index contributed by atoms with van der Waals surface area (Å²) in [6.45, 7) is 0. The van der Waals surface area contributed by atoms with Crippen molar-refractivity contribution in [1.29, 1.82) is 0 Å². The van der Waals surface area contributed by atoms with Gasteiger partial charge in [0, 0.05) is 16.5 Å². The number of aromatic nitrogens is 2. The maximum absolute atomic E-state index is 5.02. The first-order valence-corrected chi connectivity index (χ1v) is 26.6. The summed E-state index contributed by atoms with van der Waals surface area (Å²) in [5.41, 5.74) is 2.12. The number of halogens is 4. The number of rotatable bonds is 1. The van der Waals surface area contributed by atoms with E-state index in [0.717, 1.165) is 44.2 Å². The van der Waals surface area contributed by atoms with Gasteiger partial charge in [-0.15, -0.1) is 25.0 Å². The number of fused-ring (bicyclic) bond motifs is 2. The molecule has 0 spiro atoms. The summed E-state index contributed by atoms with van der Waals surface area (Å²) in [6, 6.07) is 20.3. The summed E-state index contributed by atoms with van der Waals surface area (Å²) >= 11 is 2.98. The number of hydrogen-bond donors (Lipinski definition) is 1. The Labute approximate surface area is 217 Å². The van der Waals surface area contributed by atoms with Gasteiger partial charge in [-0.1, -0.05) is 18.2 Å². The minimum atomic E-state index is -2.22. The van der Waals surface area contributed by atoms with Crippen LogP contribution >= 0.6 is 59.4 Å². The second-order valence-electron chi connectivity index (χ2n) is 5.08. The fourth-order valence-electron chi connectivity index (χ4n) is 2.28. The summed E-state index contributed by atoms with van der Waals surface area (Å²) in [7, 11) is 17.0. The fourth-order valence-corrected chi connectivity index (χ4v) is 5.03. The van der Waals surface area contributed by atoms with Crippen molar-refractivity contribution in [3.63, 3.8) is 0 Å². The minimum absolute atomic E-state index is 0. The van der Waals surface area contributed by atoms with Crippen LogP contribution in [0.4, 0.5) is 0 Å². The molecule has 2 aromatic heterocycles. The summed E-state index contributed by atoms with van der Waals surface area (Å²) in [4.78, 5) is 10.8. The standard InChI is InChI=1S/2C9H7NS.4ClH.2In.H2O.H/c2*11-8-5-1-3-7-4-2-6-10-9(7)8;;;;;;;;/h2*1-6,11H;4*1H;;;1H2;/q;;;;;;+1;+3;;/p-4. The molecule has 2 N–H and O–H groups in total. The van der Waals surface area contributed by atoms with Crippen molar-refractivity contribution in [2.24, 2.45) is 0 Å². The predicted molar refractivity (Wildman–Crippen MR) is 138 cm³/mol. The van der Waals surface area contributed by atoms with Crippen LogP contribution in [0.3, 0.4) is 0 Å². The number of para-hydroxylation sites is 2. The van der Waals surface area contributed by atoms with E-state index in [1.165, 1.54) is 10.3 Å². The average molecular weight is 713 g/mol. The van der Waals surface area contributed by atoms with Crippen LogP contribution < -0.4 is 0 Å². The van der Waals surface area contributed by atoms with Crippen LogP contribution in [0.15, 0.2) is 82.8 Å². The van der Waals surface area contributed by atoms with Crippen molar-refractivity contribution in [3.8, 4) is 0 Å². The van der Waals surface area contributed by atoms with Gasteiger partial charge in [-0.2, -0.15) is 0 Å². The Kier molecular flexibility index (Phi) is 16.9. The van der Waals surface area contributed by atoms with Crippen LogP contribution in [0.2, 0.25) is 0 Å². The van der Waals surface area contributed by atoms with Gasteiger partial charge < -0.3 is 5.48 Å². The molecule has 151 valence electrons. The average Bonchev–Trinajstić information content (AvgIpc) is 2.68. The van der Waals surface area contributed by atoms with Crippen molar-refractivity contribution in [2.75, 3.05) is 0 Å². The molecule has 2 aromatic carbocycles. The van der Waals surface area contributed by atoms with Gasteiger partial charge in [-0.3, -0.25) is 4.98 Å². The Morgan fingerprint density at radius 2 is 1.24 bits per heavy atom. The monoisotopic (exact) mass is 711 g/mol. The summed E-state index contributed by atoms with van der Waals surface area (Å²) in [6.07, 6.45) is 3.63. The first-order chi connectivity index (χ1) is 13.0. The molecule has 29 heavy (non-hydrogen) atoms. The zero-order valence-electron chi connectivity index (χ0n) is 15.0. The van der Waals surface area contributed by atoms with Crippen LogP contribution in [-0.4, -0.2) is 56.3 Å². The van der Waals surface area contributed by atoms with Crippen molar-refractivity contribution >= 4 is 122 Å². The summed E-state index contributed by atoms with van der Waals surface area (Å²) in [5, 5.41) is 2.38. The molecule has 0 saturated heterocycles. The molecule has 0 aliphatic carbocycles. The number of benzene rings is 2. The quantitative estimate of drug-likeness (QED) is 0.249. The van der Waals surface area contributed by atoms with E-state index in [1.807, 2.05) is 51.2 Å². The number of hydrogen-bond acceptors (Lipinski definition) is 4. The normalized spacial score (nSPS) is 9.10. The third kappa shape index (κ3) is 10.3. The molecule has 0 atom stereocenters. The SMILES string of the molecule is Cl.O.Sc1cccc2cccnc12.[Cl][In]([Cl])[Cl].[InH][S]c1cccc2cccnc12. The Bertz CT molecular complexity index is 1000. The molecule has 0 fully saturated rings. The molecule has 0 unspecified atom stereocenters. The molecule has 3 nitrogen and oxygen atoms in total. The van der Waals surface area contributed by atoms with Crippen LogP contribution in [-0.2, 0) is 0 Å². The second-order valence-corrected chi connectivity index (χ2v) is 23.4. The van der Waals surface area contributed by atoms with E-state index in [2.05, 4.69) is 46.9 Å². The Balaban J connectivity index is 0.000000434. The summed E-state index contributed by atoms with van der Waals surface area (Å²) < 4.78 is 0. The number of nitrogens with zero attached hydrogens (tertiary/aromatic N) is 2. The van der Waals surface area contributed by atoms with Crippen LogP contribution in [0.1, 0.15) is 0 Å². The van der Waals surface area contributed by atoms with E-state index in [-0.39, 0.29) is 17.9 Å².